The monoisotopic (exact) mass is 186 g/mol. The summed E-state index contributed by atoms with van der Waals surface area (Å²) in [5.41, 5.74) is 1.94. The lowest BCUT2D eigenvalue weighted by molar-refractivity contribution is 1.07. The zero-order valence-electron chi connectivity index (χ0n) is 7.86. The first-order valence-corrected chi connectivity index (χ1v) is 4.27. The third kappa shape index (κ3) is 1.54. The van der Waals surface area contributed by atoms with E-state index in [4.69, 9.17) is 0 Å². The highest BCUT2D eigenvalue weighted by Crippen LogP contribution is 2.12. The summed E-state index contributed by atoms with van der Waals surface area (Å²) >= 11 is 0. The fraction of sp³-hybridized carbons (Fsp3) is 0.100. The van der Waals surface area contributed by atoms with Crippen molar-refractivity contribution in [3.63, 3.8) is 0 Å². The minimum atomic E-state index is 0.586. The van der Waals surface area contributed by atoms with Gasteiger partial charge >= 0.3 is 0 Å². The van der Waals surface area contributed by atoms with Gasteiger partial charge < -0.3 is 0 Å². The summed E-state index contributed by atoms with van der Waals surface area (Å²) in [6, 6.07) is 3.89. The predicted molar refractivity (Wildman–Crippen MR) is 54.4 cm³/mol. The topological polar surface area (TPSA) is 54.5 Å². The third-order valence-corrected chi connectivity index (χ3v) is 1.84. The van der Waals surface area contributed by atoms with Crippen LogP contribution >= 0.6 is 0 Å². The van der Waals surface area contributed by atoms with Crippen molar-refractivity contribution in [2.24, 2.45) is 0 Å². The average molecular weight is 186 g/mol. The number of aryl methyl sites for hydroxylation is 1. The Bertz CT molecular complexity index is 459. The smallest absolute Gasteiger partial charge is 0.174 e. The number of H-pyrrole nitrogens is 1. The van der Waals surface area contributed by atoms with E-state index in [1.807, 2.05) is 19.1 Å². The summed E-state index contributed by atoms with van der Waals surface area (Å²) in [6.45, 7) is 5.60. The second-order valence-corrected chi connectivity index (χ2v) is 2.96. The molecule has 2 aromatic rings. The minimum absolute atomic E-state index is 0.586. The maximum Gasteiger partial charge on any atom is 0.174 e. The molecule has 0 amide bonds. The van der Waals surface area contributed by atoms with E-state index in [-0.39, 0.29) is 0 Å². The number of hydrogen-bond acceptors (Lipinski definition) is 3. The Kier molecular flexibility index (Phi) is 2.10. The number of hydrogen-bond donors (Lipinski definition) is 1. The van der Waals surface area contributed by atoms with Crippen molar-refractivity contribution in [1.82, 2.24) is 20.2 Å². The molecule has 14 heavy (non-hydrogen) atoms. The maximum atomic E-state index is 4.19. The first-order valence-electron chi connectivity index (χ1n) is 4.27. The lowest BCUT2D eigenvalue weighted by Gasteiger charge is -1.95. The van der Waals surface area contributed by atoms with Crippen LogP contribution in [-0.4, -0.2) is 20.2 Å². The standard InChI is InChI=1S/C10H10N4/c1-3-9-12-10(14-13-9)8-6-7(2)4-5-11-8/h3-6H,1H2,2H3,(H,12,13,14). The quantitative estimate of drug-likeness (QED) is 0.778. The molecule has 0 saturated heterocycles. The molecule has 2 rings (SSSR count). The molecule has 0 aliphatic carbocycles. The fourth-order valence-corrected chi connectivity index (χ4v) is 1.15. The lowest BCUT2D eigenvalue weighted by atomic mass is 10.2. The molecule has 0 atom stereocenters. The van der Waals surface area contributed by atoms with Crippen LogP contribution in [0.3, 0.4) is 0 Å². The van der Waals surface area contributed by atoms with Gasteiger partial charge in [-0.1, -0.05) is 6.58 Å². The van der Waals surface area contributed by atoms with E-state index in [0.717, 1.165) is 11.3 Å². The average Bonchev–Trinajstić information content (AvgIpc) is 2.66. The largest absolute Gasteiger partial charge is 0.257 e. The molecular formula is C10H10N4. The Hall–Kier alpha value is -1.97. The molecule has 70 valence electrons. The van der Waals surface area contributed by atoms with Gasteiger partial charge in [-0.3, -0.25) is 10.1 Å². The Morgan fingerprint density at radius 3 is 3.00 bits per heavy atom. The zero-order valence-corrected chi connectivity index (χ0v) is 7.86. The highest BCUT2D eigenvalue weighted by molar-refractivity contribution is 5.51. The van der Waals surface area contributed by atoms with E-state index in [1.165, 1.54) is 0 Å². The molecule has 0 saturated carbocycles. The van der Waals surface area contributed by atoms with Crippen LogP contribution in [0.4, 0.5) is 0 Å². The number of aromatic nitrogens is 4. The van der Waals surface area contributed by atoms with Crippen LogP contribution in [0.25, 0.3) is 17.6 Å². The molecule has 4 nitrogen and oxygen atoms in total. The van der Waals surface area contributed by atoms with E-state index >= 15 is 0 Å². The molecule has 0 bridgehead atoms. The lowest BCUT2D eigenvalue weighted by Crippen LogP contribution is -1.86. The number of nitrogens with zero attached hydrogens (tertiary/aromatic N) is 3. The van der Waals surface area contributed by atoms with Gasteiger partial charge in [0.15, 0.2) is 11.6 Å². The van der Waals surface area contributed by atoms with Crippen LogP contribution in [0, 0.1) is 6.92 Å². The molecule has 1 N–H and O–H groups in total. The Morgan fingerprint density at radius 1 is 1.50 bits per heavy atom. The fourth-order valence-electron chi connectivity index (χ4n) is 1.15. The number of aromatic amines is 1. The van der Waals surface area contributed by atoms with E-state index in [2.05, 4.69) is 26.7 Å². The van der Waals surface area contributed by atoms with Crippen LogP contribution in [0.15, 0.2) is 24.9 Å². The third-order valence-electron chi connectivity index (χ3n) is 1.84. The van der Waals surface area contributed by atoms with E-state index in [1.54, 1.807) is 12.3 Å². The number of pyridine rings is 1. The van der Waals surface area contributed by atoms with Gasteiger partial charge in [-0.05, 0) is 30.7 Å². The molecule has 0 spiro atoms. The predicted octanol–water partition coefficient (Wildman–Crippen LogP) is 1.82. The zero-order chi connectivity index (χ0) is 9.97. The highest BCUT2D eigenvalue weighted by Gasteiger charge is 2.03. The van der Waals surface area contributed by atoms with E-state index in [9.17, 15) is 0 Å². The molecule has 0 aliphatic heterocycles. The summed E-state index contributed by atoms with van der Waals surface area (Å²) in [5, 5.41) is 6.75. The van der Waals surface area contributed by atoms with E-state index in [0.29, 0.717) is 11.6 Å². The van der Waals surface area contributed by atoms with Gasteiger partial charge in [-0.15, -0.1) is 0 Å². The molecule has 2 heterocycles. The van der Waals surface area contributed by atoms with Crippen molar-refractivity contribution < 1.29 is 0 Å². The van der Waals surface area contributed by atoms with Gasteiger partial charge in [-0.2, -0.15) is 5.10 Å². The molecule has 0 unspecified atom stereocenters. The number of nitrogens with one attached hydrogen (secondary N) is 1. The Balaban J connectivity index is 2.43. The van der Waals surface area contributed by atoms with Gasteiger partial charge in [0.25, 0.3) is 0 Å². The van der Waals surface area contributed by atoms with Crippen molar-refractivity contribution in [3.05, 3.63) is 36.3 Å². The molecule has 0 fully saturated rings. The highest BCUT2D eigenvalue weighted by atomic mass is 15.2. The molecule has 2 aromatic heterocycles. The molecular weight excluding hydrogens is 176 g/mol. The summed E-state index contributed by atoms with van der Waals surface area (Å²) in [7, 11) is 0. The van der Waals surface area contributed by atoms with Crippen LogP contribution in [0.1, 0.15) is 11.4 Å². The van der Waals surface area contributed by atoms with Gasteiger partial charge in [0, 0.05) is 6.20 Å². The molecule has 0 radical (unpaired) electrons. The van der Waals surface area contributed by atoms with Gasteiger partial charge in [-0.25, -0.2) is 4.98 Å². The Labute approximate surface area is 81.7 Å². The van der Waals surface area contributed by atoms with Crippen LogP contribution in [0.2, 0.25) is 0 Å². The SMILES string of the molecule is C=Cc1n[nH]c(-c2cc(C)ccn2)n1. The van der Waals surface area contributed by atoms with E-state index < -0.39 is 0 Å². The number of rotatable bonds is 2. The van der Waals surface area contributed by atoms with Crippen molar-refractivity contribution in [3.8, 4) is 11.5 Å². The van der Waals surface area contributed by atoms with Gasteiger partial charge in [0.2, 0.25) is 0 Å². The molecule has 0 aromatic carbocycles. The molecule has 4 heteroatoms. The first kappa shape index (κ1) is 8.62. The van der Waals surface area contributed by atoms with Crippen LogP contribution in [-0.2, 0) is 0 Å². The van der Waals surface area contributed by atoms with Crippen molar-refractivity contribution >= 4 is 6.08 Å². The first-order chi connectivity index (χ1) is 6.79. The molecule has 0 aliphatic rings. The van der Waals surface area contributed by atoms with Gasteiger partial charge in [0.1, 0.15) is 5.69 Å². The Morgan fingerprint density at radius 2 is 2.36 bits per heavy atom. The second-order valence-electron chi connectivity index (χ2n) is 2.96. The van der Waals surface area contributed by atoms with Gasteiger partial charge in [0.05, 0.1) is 0 Å². The normalized spacial score (nSPS) is 10.1. The summed E-state index contributed by atoms with van der Waals surface area (Å²) in [5.74, 6) is 1.26. The van der Waals surface area contributed by atoms with Crippen molar-refractivity contribution in [2.75, 3.05) is 0 Å². The summed E-state index contributed by atoms with van der Waals surface area (Å²) < 4.78 is 0. The van der Waals surface area contributed by atoms with Crippen LogP contribution < -0.4 is 0 Å². The summed E-state index contributed by atoms with van der Waals surface area (Å²) in [4.78, 5) is 8.38. The minimum Gasteiger partial charge on any atom is -0.257 e. The maximum absolute atomic E-state index is 4.19. The van der Waals surface area contributed by atoms with Crippen molar-refractivity contribution in [2.45, 2.75) is 6.92 Å². The second kappa shape index (κ2) is 3.41. The summed E-state index contributed by atoms with van der Waals surface area (Å²) in [6.07, 6.45) is 3.34. The van der Waals surface area contributed by atoms with Crippen LogP contribution in [0.5, 0.6) is 0 Å². The van der Waals surface area contributed by atoms with Crippen molar-refractivity contribution in [1.29, 1.82) is 0 Å².